The highest BCUT2D eigenvalue weighted by Gasteiger charge is 2.19. The molecule has 0 fully saturated rings. The van der Waals surface area contributed by atoms with E-state index >= 15 is 0 Å². The Labute approximate surface area is 127 Å². The molecule has 1 atom stereocenters. The molecule has 0 aliphatic heterocycles. The van der Waals surface area contributed by atoms with Gasteiger partial charge < -0.3 is 5.32 Å². The largest absolute Gasteiger partial charge is 0.306 e. The molecule has 1 unspecified atom stereocenters. The summed E-state index contributed by atoms with van der Waals surface area (Å²) >= 11 is 5.37. The standard InChI is InChI=1S/C15H19BrN2S/c1-4-7-17-15(13-8-19-9-14(13)16)12-6-5-10(2)18-11(12)3/h5-6,8-9,15,17H,4,7H2,1-3H3. The molecule has 0 aliphatic carbocycles. The highest BCUT2D eigenvalue weighted by Crippen LogP contribution is 2.32. The number of hydrogen-bond donors (Lipinski definition) is 1. The number of thiophene rings is 1. The maximum Gasteiger partial charge on any atom is 0.0614 e. The Morgan fingerprint density at radius 3 is 2.63 bits per heavy atom. The quantitative estimate of drug-likeness (QED) is 0.860. The molecule has 0 radical (unpaired) electrons. The van der Waals surface area contributed by atoms with E-state index in [0.717, 1.165) is 24.4 Å². The van der Waals surface area contributed by atoms with Crippen molar-refractivity contribution in [2.24, 2.45) is 0 Å². The fraction of sp³-hybridized carbons (Fsp3) is 0.400. The Kier molecular flexibility index (Phi) is 5.13. The van der Waals surface area contributed by atoms with Crippen LogP contribution in [0.5, 0.6) is 0 Å². The maximum atomic E-state index is 4.59. The first kappa shape index (κ1) is 14.7. The van der Waals surface area contributed by atoms with Crippen LogP contribution in [-0.4, -0.2) is 11.5 Å². The number of pyridine rings is 1. The smallest absolute Gasteiger partial charge is 0.0614 e. The van der Waals surface area contributed by atoms with Crippen molar-refractivity contribution in [1.29, 1.82) is 0 Å². The van der Waals surface area contributed by atoms with E-state index in [1.165, 1.54) is 15.6 Å². The van der Waals surface area contributed by atoms with E-state index in [0.29, 0.717) is 0 Å². The molecule has 19 heavy (non-hydrogen) atoms. The van der Waals surface area contributed by atoms with Crippen molar-refractivity contribution in [2.75, 3.05) is 6.54 Å². The van der Waals surface area contributed by atoms with Gasteiger partial charge in [0.2, 0.25) is 0 Å². The maximum absolute atomic E-state index is 4.59. The number of nitrogens with one attached hydrogen (secondary N) is 1. The Balaban J connectivity index is 2.40. The first-order valence-corrected chi connectivity index (χ1v) is 8.26. The van der Waals surface area contributed by atoms with Gasteiger partial charge in [-0.3, -0.25) is 4.98 Å². The normalized spacial score (nSPS) is 12.6. The minimum atomic E-state index is 0.216. The molecule has 2 aromatic heterocycles. The Morgan fingerprint density at radius 2 is 2.05 bits per heavy atom. The lowest BCUT2D eigenvalue weighted by molar-refractivity contribution is 0.593. The number of halogens is 1. The second-order valence-electron chi connectivity index (χ2n) is 4.69. The van der Waals surface area contributed by atoms with Gasteiger partial charge >= 0.3 is 0 Å². The van der Waals surface area contributed by atoms with E-state index in [1.54, 1.807) is 11.3 Å². The summed E-state index contributed by atoms with van der Waals surface area (Å²) in [6.07, 6.45) is 1.12. The minimum Gasteiger partial charge on any atom is -0.306 e. The molecule has 0 spiro atoms. The Hall–Kier alpha value is -0.710. The van der Waals surface area contributed by atoms with Gasteiger partial charge in [-0.1, -0.05) is 13.0 Å². The van der Waals surface area contributed by atoms with Gasteiger partial charge in [0.25, 0.3) is 0 Å². The molecule has 0 aromatic carbocycles. The molecule has 102 valence electrons. The van der Waals surface area contributed by atoms with E-state index in [1.807, 2.05) is 6.92 Å². The van der Waals surface area contributed by atoms with Crippen LogP contribution in [0.1, 0.15) is 41.9 Å². The molecule has 0 aliphatic rings. The highest BCUT2D eigenvalue weighted by atomic mass is 79.9. The van der Waals surface area contributed by atoms with Crippen LogP contribution in [0.4, 0.5) is 0 Å². The molecule has 4 heteroatoms. The van der Waals surface area contributed by atoms with Crippen molar-refractivity contribution >= 4 is 27.3 Å². The molecule has 0 saturated heterocycles. The van der Waals surface area contributed by atoms with Crippen LogP contribution in [0.3, 0.4) is 0 Å². The van der Waals surface area contributed by atoms with Crippen LogP contribution in [0.25, 0.3) is 0 Å². The Bertz CT molecular complexity index is 551. The van der Waals surface area contributed by atoms with Crippen molar-refractivity contribution < 1.29 is 0 Å². The molecule has 0 saturated carbocycles. The van der Waals surface area contributed by atoms with E-state index in [9.17, 15) is 0 Å². The fourth-order valence-electron chi connectivity index (χ4n) is 2.18. The molecule has 2 aromatic rings. The van der Waals surface area contributed by atoms with Crippen LogP contribution in [0.2, 0.25) is 0 Å². The predicted molar refractivity (Wildman–Crippen MR) is 85.9 cm³/mol. The summed E-state index contributed by atoms with van der Waals surface area (Å²) < 4.78 is 1.17. The van der Waals surface area contributed by atoms with Crippen molar-refractivity contribution in [3.05, 3.63) is 49.9 Å². The van der Waals surface area contributed by atoms with Crippen LogP contribution in [0, 0.1) is 13.8 Å². The monoisotopic (exact) mass is 338 g/mol. The molecule has 2 heterocycles. The molecule has 0 amide bonds. The molecule has 2 rings (SSSR count). The van der Waals surface area contributed by atoms with Crippen LogP contribution >= 0.6 is 27.3 Å². The second-order valence-corrected chi connectivity index (χ2v) is 6.29. The topological polar surface area (TPSA) is 24.9 Å². The molecular formula is C15H19BrN2S. The van der Waals surface area contributed by atoms with Gasteiger partial charge in [0.1, 0.15) is 0 Å². The van der Waals surface area contributed by atoms with Gasteiger partial charge in [-0.2, -0.15) is 11.3 Å². The predicted octanol–water partition coefficient (Wildman–Crippen LogP) is 4.61. The summed E-state index contributed by atoms with van der Waals surface area (Å²) in [5.74, 6) is 0. The summed E-state index contributed by atoms with van der Waals surface area (Å²) in [4.78, 5) is 4.59. The van der Waals surface area contributed by atoms with Crippen LogP contribution < -0.4 is 5.32 Å². The van der Waals surface area contributed by atoms with E-state index in [4.69, 9.17) is 0 Å². The number of rotatable bonds is 5. The van der Waals surface area contributed by atoms with Crippen LogP contribution in [0.15, 0.2) is 27.4 Å². The molecule has 0 bridgehead atoms. The van der Waals surface area contributed by atoms with Gasteiger partial charge in [-0.05, 0) is 65.3 Å². The van der Waals surface area contributed by atoms with Gasteiger partial charge in [-0.25, -0.2) is 0 Å². The first-order valence-electron chi connectivity index (χ1n) is 6.52. The third-order valence-electron chi connectivity index (χ3n) is 3.13. The first-order chi connectivity index (χ1) is 9.13. The van der Waals surface area contributed by atoms with Gasteiger partial charge in [0, 0.05) is 21.2 Å². The molecule has 2 nitrogen and oxygen atoms in total. The minimum absolute atomic E-state index is 0.216. The van der Waals surface area contributed by atoms with Crippen LogP contribution in [-0.2, 0) is 0 Å². The van der Waals surface area contributed by atoms with E-state index in [-0.39, 0.29) is 6.04 Å². The third-order valence-corrected chi connectivity index (χ3v) is 4.88. The number of aryl methyl sites for hydroxylation is 2. The van der Waals surface area contributed by atoms with Crippen molar-refractivity contribution in [2.45, 2.75) is 33.2 Å². The molecule has 1 N–H and O–H groups in total. The fourth-order valence-corrected chi connectivity index (χ4v) is 3.73. The van der Waals surface area contributed by atoms with Crippen molar-refractivity contribution in [1.82, 2.24) is 10.3 Å². The number of aromatic nitrogens is 1. The zero-order valence-corrected chi connectivity index (χ0v) is 13.9. The lowest BCUT2D eigenvalue weighted by atomic mass is 9.99. The van der Waals surface area contributed by atoms with Gasteiger partial charge in [0.15, 0.2) is 0 Å². The number of nitrogens with zero attached hydrogens (tertiary/aromatic N) is 1. The summed E-state index contributed by atoms with van der Waals surface area (Å²) in [6.45, 7) is 7.31. The van der Waals surface area contributed by atoms with Gasteiger partial charge in [0.05, 0.1) is 6.04 Å². The van der Waals surface area contributed by atoms with E-state index in [2.05, 4.69) is 63.0 Å². The average Bonchev–Trinajstić information content (AvgIpc) is 2.78. The molecular weight excluding hydrogens is 320 g/mol. The zero-order chi connectivity index (χ0) is 13.8. The Morgan fingerprint density at radius 1 is 1.26 bits per heavy atom. The van der Waals surface area contributed by atoms with E-state index < -0.39 is 0 Å². The summed E-state index contributed by atoms with van der Waals surface area (Å²) in [7, 11) is 0. The average molecular weight is 339 g/mol. The summed E-state index contributed by atoms with van der Waals surface area (Å²) in [5, 5.41) is 7.96. The third kappa shape index (κ3) is 3.44. The number of hydrogen-bond acceptors (Lipinski definition) is 3. The highest BCUT2D eigenvalue weighted by molar-refractivity contribution is 9.10. The SMILES string of the molecule is CCCNC(c1cscc1Br)c1ccc(C)nc1C. The van der Waals surface area contributed by atoms with Crippen molar-refractivity contribution in [3.63, 3.8) is 0 Å². The zero-order valence-electron chi connectivity index (χ0n) is 11.5. The lowest BCUT2D eigenvalue weighted by Gasteiger charge is -2.20. The van der Waals surface area contributed by atoms with Gasteiger partial charge in [-0.15, -0.1) is 0 Å². The summed E-state index contributed by atoms with van der Waals surface area (Å²) in [5.41, 5.74) is 4.73. The lowest BCUT2D eigenvalue weighted by Crippen LogP contribution is -2.24. The second kappa shape index (κ2) is 6.64. The van der Waals surface area contributed by atoms with Crippen molar-refractivity contribution in [3.8, 4) is 0 Å². The summed E-state index contributed by atoms with van der Waals surface area (Å²) in [6, 6.07) is 4.49.